The maximum Gasteiger partial charge on any atom is 0.0406 e. The summed E-state index contributed by atoms with van der Waals surface area (Å²) in [4.78, 5) is 0. The van der Waals surface area contributed by atoms with Gasteiger partial charge in [0.2, 0.25) is 0 Å². The molecular weight excluding hydrogens is 230 g/mol. The van der Waals surface area contributed by atoms with Crippen LogP contribution in [0.3, 0.4) is 0 Å². The monoisotopic (exact) mass is 251 g/mol. The second kappa shape index (κ2) is 5.88. The van der Waals surface area contributed by atoms with Crippen molar-refractivity contribution in [2.45, 2.75) is 51.6 Å². The molecule has 0 bridgehead atoms. The highest BCUT2D eigenvalue weighted by Crippen LogP contribution is 2.29. The maximum atomic E-state index is 5.90. The van der Waals surface area contributed by atoms with Gasteiger partial charge in [0.05, 0.1) is 0 Å². The van der Waals surface area contributed by atoms with Crippen molar-refractivity contribution < 1.29 is 0 Å². The third kappa shape index (κ3) is 3.46. The predicted molar refractivity (Wildman–Crippen MR) is 74.4 cm³/mol. The van der Waals surface area contributed by atoms with Crippen LogP contribution < -0.4 is 5.32 Å². The number of nitrogens with one attached hydrogen (secondary N) is 1. The quantitative estimate of drug-likeness (QED) is 0.827. The highest BCUT2D eigenvalue weighted by atomic mass is 35.5. The van der Waals surface area contributed by atoms with E-state index in [1.807, 2.05) is 12.1 Å². The van der Waals surface area contributed by atoms with Gasteiger partial charge in [-0.1, -0.05) is 37.1 Å². The summed E-state index contributed by atoms with van der Waals surface area (Å²) in [6.07, 6.45) is 5.39. The Morgan fingerprint density at radius 2 is 2.00 bits per heavy atom. The fourth-order valence-corrected chi connectivity index (χ4v) is 2.92. The van der Waals surface area contributed by atoms with E-state index < -0.39 is 0 Å². The summed E-state index contributed by atoms with van der Waals surface area (Å²) in [5.74, 6) is 0.935. The normalized spacial score (nSPS) is 26.1. The molecular formula is C15H22ClN. The molecule has 2 heteroatoms. The van der Waals surface area contributed by atoms with Gasteiger partial charge in [-0.05, 0) is 49.8 Å². The van der Waals surface area contributed by atoms with E-state index in [4.69, 9.17) is 11.6 Å². The average molecular weight is 252 g/mol. The minimum absolute atomic E-state index is 0.424. The van der Waals surface area contributed by atoms with Crippen LogP contribution >= 0.6 is 11.6 Å². The summed E-state index contributed by atoms with van der Waals surface area (Å²) in [6.45, 7) is 4.54. The van der Waals surface area contributed by atoms with Crippen molar-refractivity contribution in [1.82, 2.24) is 5.32 Å². The minimum Gasteiger partial charge on any atom is -0.307 e. The summed E-state index contributed by atoms with van der Waals surface area (Å²) in [7, 11) is 0. The molecule has 0 aromatic heterocycles. The molecule has 0 spiro atoms. The zero-order valence-corrected chi connectivity index (χ0v) is 11.5. The van der Waals surface area contributed by atoms with Crippen LogP contribution in [0, 0.1) is 5.92 Å². The topological polar surface area (TPSA) is 12.0 Å². The molecule has 0 radical (unpaired) electrons. The molecule has 3 unspecified atom stereocenters. The summed E-state index contributed by atoms with van der Waals surface area (Å²) < 4.78 is 0. The van der Waals surface area contributed by atoms with Crippen molar-refractivity contribution >= 4 is 11.6 Å². The zero-order chi connectivity index (χ0) is 12.3. The first-order chi connectivity index (χ1) is 8.19. The van der Waals surface area contributed by atoms with Gasteiger partial charge in [-0.15, -0.1) is 0 Å². The predicted octanol–water partition coefficient (Wildman–Crippen LogP) is 4.57. The Bertz CT molecular complexity index is 346. The average Bonchev–Trinajstić information content (AvgIpc) is 2.77. The molecule has 0 saturated heterocycles. The van der Waals surface area contributed by atoms with Gasteiger partial charge in [0.1, 0.15) is 0 Å². The third-order valence-corrected chi connectivity index (χ3v) is 4.23. The molecule has 3 atom stereocenters. The van der Waals surface area contributed by atoms with Crippen molar-refractivity contribution in [3.05, 3.63) is 34.9 Å². The third-order valence-electron chi connectivity index (χ3n) is 3.97. The Morgan fingerprint density at radius 3 is 2.59 bits per heavy atom. The lowest BCUT2D eigenvalue weighted by Crippen LogP contribution is -2.29. The lowest BCUT2D eigenvalue weighted by Gasteiger charge is -2.20. The van der Waals surface area contributed by atoms with Gasteiger partial charge in [-0.3, -0.25) is 0 Å². The number of benzene rings is 1. The van der Waals surface area contributed by atoms with Crippen molar-refractivity contribution in [3.63, 3.8) is 0 Å². The van der Waals surface area contributed by atoms with E-state index in [0.29, 0.717) is 12.1 Å². The van der Waals surface area contributed by atoms with Crippen LogP contribution in [0.2, 0.25) is 5.02 Å². The second-order valence-electron chi connectivity index (χ2n) is 5.22. The Balaban J connectivity index is 1.89. The number of hydrogen-bond acceptors (Lipinski definition) is 1. The van der Waals surface area contributed by atoms with Crippen LogP contribution in [0.15, 0.2) is 24.3 Å². The van der Waals surface area contributed by atoms with Crippen molar-refractivity contribution in [3.8, 4) is 0 Å². The van der Waals surface area contributed by atoms with E-state index in [1.165, 1.54) is 31.2 Å². The first-order valence-electron chi connectivity index (χ1n) is 6.70. The van der Waals surface area contributed by atoms with Gasteiger partial charge in [0.15, 0.2) is 0 Å². The largest absolute Gasteiger partial charge is 0.307 e. The van der Waals surface area contributed by atoms with Gasteiger partial charge in [-0.25, -0.2) is 0 Å². The molecule has 1 N–H and O–H groups in total. The maximum absolute atomic E-state index is 5.90. The smallest absolute Gasteiger partial charge is 0.0406 e. The molecule has 1 fully saturated rings. The van der Waals surface area contributed by atoms with E-state index in [0.717, 1.165) is 10.9 Å². The highest BCUT2D eigenvalue weighted by molar-refractivity contribution is 6.30. The molecule has 2 rings (SSSR count). The minimum atomic E-state index is 0.424. The zero-order valence-electron chi connectivity index (χ0n) is 10.7. The summed E-state index contributed by atoms with van der Waals surface area (Å²) in [5.41, 5.74) is 1.33. The summed E-state index contributed by atoms with van der Waals surface area (Å²) >= 11 is 5.90. The standard InChI is InChI=1S/C15H22ClN/c1-3-12-4-9-15(10-12)17-11(2)13-5-7-14(16)8-6-13/h5-8,11-12,15,17H,3-4,9-10H2,1-2H3. The molecule has 0 heterocycles. The molecule has 0 aliphatic heterocycles. The van der Waals surface area contributed by atoms with Gasteiger partial charge in [0, 0.05) is 17.1 Å². The molecule has 94 valence electrons. The van der Waals surface area contributed by atoms with E-state index in [9.17, 15) is 0 Å². The van der Waals surface area contributed by atoms with Crippen molar-refractivity contribution in [2.24, 2.45) is 5.92 Å². The number of halogens is 1. The van der Waals surface area contributed by atoms with Crippen LogP contribution in [0.25, 0.3) is 0 Å². The molecule has 17 heavy (non-hydrogen) atoms. The van der Waals surface area contributed by atoms with E-state index in [1.54, 1.807) is 0 Å². The molecule has 1 saturated carbocycles. The number of rotatable bonds is 4. The Kier molecular flexibility index (Phi) is 4.47. The van der Waals surface area contributed by atoms with E-state index in [2.05, 4.69) is 31.3 Å². The van der Waals surface area contributed by atoms with Crippen LogP contribution in [0.5, 0.6) is 0 Å². The summed E-state index contributed by atoms with van der Waals surface area (Å²) in [6, 6.07) is 9.30. The molecule has 1 aliphatic carbocycles. The van der Waals surface area contributed by atoms with Gasteiger partial charge in [0.25, 0.3) is 0 Å². The number of hydrogen-bond donors (Lipinski definition) is 1. The first-order valence-corrected chi connectivity index (χ1v) is 7.08. The second-order valence-corrected chi connectivity index (χ2v) is 5.66. The fraction of sp³-hybridized carbons (Fsp3) is 0.600. The SMILES string of the molecule is CCC1CCC(NC(C)c2ccc(Cl)cc2)C1. The van der Waals surface area contributed by atoms with Crippen LogP contribution in [0.4, 0.5) is 0 Å². The molecule has 1 aromatic rings. The first kappa shape index (κ1) is 12.9. The van der Waals surface area contributed by atoms with Crippen LogP contribution in [0.1, 0.15) is 51.1 Å². The van der Waals surface area contributed by atoms with Crippen molar-refractivity contribution in [2.75, 3.05) is 0 Å². The Morgan fingerprint density at radius 1 is 1.29 bits per heavy atom. The van der Waals surface area contributed by atoms with Gasteiger partial charge in [-0.2, -0.15) is 0 Å². The molecule has 1 aromatic carbocycles. The Hall–Kier alpha value is -0.530. The van der Waals surface area contributed by atoms with Gasteiger partial charge < -0.3 is 5.32 Å². The van der Waals surface area contributed by atoms with Crippen molar-refractivity contribution in [1.29, 1.82) is 0 Å². The van der Waals surface area contributed by atoms with Crippen LogP contribution in [-0.2, 0) is 0 Å². The Labute approximate surface area is 110 Å². The molecule has 0 amide bonds. The molecule has 1 aliphatic rings. The lowest BCUT2D eigenvalue weighted by molar-refractivity contribution is 0.437. The van der Waals surface area contributed by atoms with Crippen LogP contribution in [-0.4, -0.2) is 6.04 Å². The van der Waals surface area contributed by atoms with E-state index in [-0.39, 0.29) is 0 Å². The fourth-order valence-electron chi connectivity index (χ4n) is 2.80. The van der Waals surface area contributed by atoms with E-state index >= 15 is 0 Å². The molecule has 1 nitrogen and oxygen atoms in total. The van der Waals surface area contributed by atoms with Gasteiger partial charge >= 0.3 is 0 Å². The lowest BCUT2D eigenvalue weighted by atomic mass is 10.0. The highest BCUT2D eigenvalue weighted by Gasteiger charge is 2.24. The summed E-state index contributed by atoms with van der Waals surface area (Å²) in [5, 5.41) is 4.55.